The molecule has 0 saturated carbocycles. The molecule has 12 nitrogen and oxygen atoms in total. The first-order valence-corrected chi connectivity index (χ1v) is 13.5. The number of aryl methyl sites for hydroxylation is 1. The van der Waals surface area contributed by atoms with Crippen LogP contribution >= 0.6 is 0 Å². The molecule has 202 valence electrons. The lowest BCUT2D eigenvalue weighted by Crippen LogP contribution is -2.50. The molecule has 4 aromatic rings. The largest absolute Gasteiger partial charge is 0.422 e. The average Bonchev–Trinajstić information content (AvgIpc) is 3.72. The van der Waals surface area contributed by atoms with Crippen LogP contribution in [0.1, 0.15) is 23.2 Å². The predicted octanol–water partition coefficient (Wildman–Crippen LogP) is 2.39. The summed E-state index contributed by atoms with van der Waals surface area (Å²) >= 11 is 0. The Labute approximate surface area is 225 Å². The summed E-state index contributed by atoms with van der Waals surface area (Å²) in [6.07, 6.45) is 6.02. The topological polar surface area (TPSA) is 118 Å². The van der Waals surface area contributed by atoms with Gasteiger partial charge in [-0.15, -0.1) is 0 Å². The van der Waals surface area contributed by atoms with E-state index in [1.54, 1.807) is 23.0 Å². The zero-order valence-electron chi connectivity index (χ0n) is 21.9. The number of morpholine rings is 1. The number of nitrogens with one attached hydrogen (secondary N) is 1. The van der Waals surface area contributed by atoms with Crippen molar-refractivity contribution in [3.63, 3.8) is 0 Å². The molecule has 3 aliphatic heterocycles. The van der Waals surface area contributed by atoms with Crippen molar-refractivity contribution in [3.8, 4) is 11.3 Å². The van der Waals surface area contributed by atoms with Crippen LogP contribution in [0.15, 0.2) is 41.1 Å². The Morgan fingerprint density at radius 1 is 1.05 bits per heavy atom. The molecule has 3 fully saturated rings. The molecule has 39 heavy (non-hydrogen) atoms. The van der Waals surface area contributed by atoms with Gasteiger partial charge in [0.1, 0.15) is 11.6 Å². The first kappa shape index (κ1) is 24.0. The van der Waals surface area contributed by atoms with E-state index in [-0.39, 0.29) is 5.91 Å². The quantitative estimate of drug-likeness (QED) is 0.413. The monoisotopic (exact) mass is 529 g/mol. The zero-order chi connectivity index (χ0) is 26.3. The maximum atomic E-state index is 13.8. The molecule has 7 heterocycles. The van der Waals surface area contributed by atoms with Crippen molar-refractivity contribution in [2.75, 3.05) is 67.6 Å². The molecule has 0 aromatic carbocycles. The predicted molar refractivity (Wildman–Crippen MR) is 146 cm³/mol. The second-order valence-electron chi connectivity index (χ2n) is 10.3. The summed E-state index contributed by atoms with van der Waals surface area (Å²) in [6, 6.07) is 8.32. The van der Waals surface area contributed by atoms with Crippen molar-refractivity contribution in [2.24, 2.45) is 7.05 Å². The van der Waals surface area contributed by atoms with Crippen LogP contribution in [0.4, 0.5) is 17.7 Å². The number of amides is 1. The SMILES string of the molecule is Cn1cc(-c2cccc(NC(=O)c3cc4oc(N5CCOCC5)nc4nc3N3CCN4CCC[C@H]4C3)n2)cn1. The molecule has 3 aliphatic rings. The van der Waals surface area contributed by atoms with E-state index in [1.807, 2.05) is 25.4 Å². The van der Waals surface area contributed by atoms with Gasteiger partial charge in [0.25, 0.3) is 11.9 Å². The molecular weight excluding hydrogens is 498 g/mol. The highest BCUT2D eigenvalue weighted by molar-refractivity contribution is 6.08. The van der Waals surface area contributed by atoms with E-state index in [2.05, 4.69) is 30.1 Å². The van der Waals surface area contributed by atoms with Crippen molar-refractivity contribution < 1.29 is 13.9 Å². The van der Waals surface area contributed by atoms with E-state index in [4.69, 9.17) is 19.1 Å². The summed E-state index contributed by atoms with van der Waals surface area (Å²) in [7, 11) is 1.86. The Morgan fingerprint density at radius 3 is 2.79 bits per heavy atom. The lowest BCUT2D eigenvalue weighted by molar-refractivity contribution is 0.102. The normalized spacial score (nSPS) is 20.0. The molecule has 1 atom stereocenters. The minimum absolute atomic E-state index is 0.284. The molecule has 12 heteroatoms. The zero-order valence-corrected chi connectivity index (χ0v) is 21.9. The third-order valence-corrected chi connectivity index (χ3v) is 7.76. The van der Waals surface area contributed by atoms with E-state index in [9.17, 15) is 4.79 Å². The summed E-state index contributed by atoms with van der Waals surface area (Å²) in [5.74, 6) is 0.810. The van der Waals surface area contributed by atoms with Gasteiger partial charge in [0.2, 0.25) is 5.65 Å². The number of carbonyl (C=O) groups is 1. The minimum Gasteiger partial charge on any atom is -0.422 e. The van der Waals surface area contributed by atoms with Crippen LogP contribution in [0.2, 0.25) is 0 Å². The van der Waals surface area contributed by atoms with E-state index in [0.29, 0.717) is 66.8 Å². The van der Waals surface area contributed by atoms with Crippen molar-refractivity contribution in [1.29, 1.82) is 0 Å². The third-order valence-electron chi connectivity index (χ3n) is 7.76. The molecule has 0 bridgehead atoms. The third kappa shape index (κ3) is 4.70. The van der Waals surface area contributed by atoms with E-state index in [0.717, 1.165) is 43.9 Å². The van der Waals surface area contributed by atoms with Crippen molar-refractivity contribution in [1.82, 2.24) is 29.6 Å². The van der Waals surface area contributed by atoms with Gasteiger partial charge in [-0.05, 0) is 31.5 Å². The first-order valence-electron chi connectivity index (χ1n) is 13.5. The molecule has 0 unspecified atom stereocenters. The number of piperazine rings is 1. The molecule has 7 rings (SSSR count). The van der Waals surface area contributed by atoms with Gasteiger partial charge in [-0.2, -0.15) is 10.1 Å². The summed E-state index contributed by atoms with van der Waals surface area (Å²) in [6.45, 7) is 6.40. The number of hydrogen-bond acceptors (Lipinski definition) is 10. The number of rotatable bonds is 5. The molecule has 4 aromatic heterocycles. The fourth-order valence-electron chi connectivity index (χ4n) is 5.73. The molecule has 1 N–H and O–H groups in total. The lowest BCUT2D eigenvalue weighted by Gasteiger charge is -2.38. The van der Waals surface area contributed by atoms with E-state index >= 15 is 0 Å². The lowest BCUT2D eigenvalue weighted by atomic mass is 10.1. The van der Waals surface area contributed by atoms with Crippen LogP contribution < -0.4 is 15.1 Å². The summed E-state index contributed by atoms with van der Waals surface area (Å²) < 4.78 is 13.3. The highest BCUT2D eigenvalue weighted by Crippen LogP contribution is 2.31. The number of fused-ring (bicyclic) bond motifs is 2. The highest BCUT2D eigenvalue weighted by atomic mass is 16.5. The summed E-state index contributed by atoms with van der Waals surface area (Å²) in [5.41, 5.74) is 3.06. The second-order valence-corrected chi connectivity index (χ2v) is 10.3. The highest BCUT2D eigenvalue weighted by Gasteiger charge is 2.33. The van der Waals surface area contributed by atoms with Crippen molar-refractivity contribution in [2.45, 2.75) is 18.9 Å². The fourth-order valence-corrected chi connectivity index (χ4v) is 5.73. The van der Waals surface area contributed by atoms with Crippen LogP contribution in [0.5, 0.6) is 0 Å². The minimum atomic E-state index is -0.284. The number of nitrogens with zero attached hydrogens (tertiary/aromatic N) is 8. The number of aromatic nitrogens is 5. The van der Waals surface area contributed by atoms with Crippen LogP contribution in [0, 0.1) is 0 Å². The maximum Gasteiger partial charge on any atom is 0.300 e. The molecule has 0 radical (unpaired) electrons. The van der Waals surface area contributed by atoms with Gasteiger partial charge in [0, 0.05) is 63.6 Å². The van der Waals surface area contributed by atoms with Crippen molar-refractivity contribution in [3.05, 3.63) is 42.2 Å². The molecular formula is C27H31N9O3. The van der Waals surface area contributed by atoms with Gasteiger partial charge in [-0.1, -0.05) is 6.07 Å². The summed E-state index contributed by atoms with van der Waals surface area (Å²) in [5, 5.41) is 7.22. The Bertz CT molecular complexity index is 1510. The molecule has 0 aliphatic carbocycles. The van der Waals surface area contributed by atoms with Gasteiger partial charge in [-0.3, -0.25) is 14.4 Å². The first-order chi connectivity index (χ1) is 19.1. The number of oxazole rings is 1. The number of anilines is 3. The molecule has 0 spiro atoms. The number of hydrogen-bond donors (Lipinski definition) is 1. The van der Waals surface area contributed by atoms with Gasteiger partial charge < -0.3 is 24.3 Å². The van der Waals surface area contributed by atoms with Crippen LogP contribution in [-0.2, 0) is 11.8 Å². The average molecular weight is 530 g/mol. The Morgan fingerprint density at radius 2 is 1.95 bits per heavy atom. The van der Waals surface area contributed by atoms with Gasteiger partial charge in [0.05, 0.1) is 30.7 Å². The fraction of sp³-hybridized carbons (Fsp3) is 0.444. The Balaban J connectivity index is 1.23. The van der Waals surface area contributed by atoms with Crippen LogP contribution in [0.3, 0.4) is 0 Å². The smallest absolute Gasteiger partial charge is 0.300 e. The maximum absolute atomic E-state index is 13.8. The van der Waals surface area contributed by atoms with E-state index < -0.39 is 0 Å². The standard InChI is InChI=1S/C27H31N9O3/c1-33-16-18(15-28-33)21-5-2-6-23(29-21)30-26(37)20-14-22-24(32-27(39-22)35-10-12-38-13-11-35)31-25(20)36-9-8-34-7-3-4-19(34)17-36/h2,5-6,14-16,19H,3-4,7-13,17H2,1H3,(H,29,30,37)/t19-/m0/s1. The van der Waals surface area contributed by atoms with Crippen LogP contribution in [-0.4, -0.2) is 94.1 Å². The Hall–Kier alpha value is -4.03. The Kier molecular flexibility index (Phi) is 6.12. The molecule has 3 saturated heterocycles. The summed E-state index contributed by atoms with van der Waals surface area (Å²) in [4.78, 5) is 34.8. The van der Waals surface area contributed by atoms with E-state index in [1.165, 1.54) is 6.42 Å². The van der Waals surface area contributed by atoms with Gasteiger partial charge in [-0.25, -0.2) is 9.97 Å². The number of carbonyl (C=O) groups excluding carboxylic acids is 1. The van der Waals surface area contributed by atoms with Crippen molar-refractivity contribution >= 4 is 34.8 Å². The van der Waals surface area contributed by atoms with Crippen LogP contribution in [0.25, 0.3) is 22.5 Å². The van der Waals surface area contributed by atoms with Gasteiger partial charge >= 0.3 is 0 Å². The number of ether oxygens (including phenoxy) is 1. The second kappa shape index (κ2) is 9.93. The molecule has 1 amide bonds. The number of pyridine rings is 2. The van der Waals surface area contributed by atoms with Gasteiger partial charge in [0.15, 0.2) is 5.58 Å².